The smallest absolute Gasteiger partial charge is 0.268 e. The normalized spacial score (nSPS) is 14.7. The highest BCUT2D eigenvalue weighted by atomic mass is 32.1. The molecule has 1 N–H and O–H groups in total. The third kappa shape index (κ3) is 2.84. The van der Waals surface area contributed by atoms with Gasteiger partial charge in [0.2, 0.25) is 0 Å². The van der Waals surface area contributed by atoms with Crippen LogP contribution in [0.4, 0.5) is 4.39 Å². The summed E-state index contributed by atoms with van der Waals surface area (Å²) in [5, 5.41) is 4.92. The van der Waals surface area contributed by atoms with E-state index in [1.807, 2.05) is 6.07 Å². The number of rotatable bonds is 5. The molecule has 24 heavy (non-hydrogen) atoms. The number of carbonyl (C=O) groups excluding carboxylic acids is 1. The van der Waals surface area contributed by atoms with Gasteiger partial charge in [0.1, 0.15) is 11.5 Å². The van der Waals surface area contributed by atoms with Crippen LogP contribution in [0.2, 0.25) is 0 Å². The van der Waals surface area contributed by atoms with Gasteiger partial charge >= 0.3 is 0 Å². The number of amides is 1. The minimum absolute atomic E-state index is 0.138. The Morgan fingerprint density at radius 1 is 1.29 bits per heavy atom. The quantitative estimate of drug-likeness (QED) is 0.724. The zero-order chi connectivity index (χ0) is 16.5. The molecule has 3 aromatic rings. The van der Waals surface area contributed by atoms with Gasteiger partial charge in [-0.3, -0.25) is 4.79 Å². The molecule has 1 amide bonds. The molecule has 2 heterocycles. The number of nitrogens with one attached hydrogen (secondary N) is 1. The highest BCUT2D eigenvalue weighted by Crippen LogP contribution is 2.32. The number of fused-ring (bicyclic) bond motifs is 1. The lowest BCUT2D eigenvalue weighted by Gasteiger charge is -2.26. The summed E-state index contributed by atoms with van der Waals surface area (Å²) in [6, 6.07) is 10.6. The first kappa shape index (κ1) is 15.4. The Morgan fingerprint density at radius 2 is 2.12 bits per heavy atom. The van der Waals surface area contributed by atoms with Crippen molar-refractivity contribution >= 4 is 27.5 Å². The van der Waals surface area contributed by atoms with Crippen molar-refractivity contribution < 1.29 is 9.18 Å². The SMILES string of the molecule is O=C(NCc1ccccc1F)c1cc2sccc2n1CC1CCC1. The molecule has 0 spiro atoms. The van der Waals surface area contributed by atoms with E-state index in [-0.39, 0.29) is 18.3 Å². The number of aromatic nitrogens is 1. The Balaban J connectivity index is 1.56. The van der Waals surface area contributed by atoms with Crippen molar-refractivity contribution in [3.05, 3.63) is 58.9 Å². The molecular weight excluding hydrogens is 323 g/mol. The third-order valence-corrected chi connectivity index (χ3v) is 5.67. The molecule has 1 aliphatic carbocycles. The van der Waals surface area contributed by atoms with Crippen LogP contribution in [0.5, 0.6) is 0 Å². The second-order valence-corrected chi connectivity index (χ2v) is 7.33. The summed E-state index contributed by atoms with van der Waals surface area (Å²) in [7, 11) is 0. The number of thiophene rings is 1. The maximum absolute atomic E-state index is 13.7. The van der Waals surface area contributed by atoms with Gasteiger partial charge in [0.25, 0.3) is 5.91 Å². The van der Waals surface area contributed by atoms with Crippen LogP contribution in [0.15, 0.2) is 41.8 Å². The Labute approximate surface area is 144 Å². The summed E-state index contributed by atoms with van der Waals surface area (Å²) in [5.41, 5.74) is 2.31. The van der Waals surface area contributed by atoms with E-state index in [2.05, 4.69) is 21.3 Å². The molecule has 0 saturated heterocycles. The predicted molar refractivity (Wildman–Crippen MR) is 94.7 cm³/mol. The second-order valence-electron chi connectivity index (χ2n) is 6.38. The van der Waals surface area contributed by atoms with Crippen LogP contribution in [-0.4, -0.2) is 10.5 Å². The Bertz CT molecular complexity index is 879. The Morgan fingerprint density at radius 3 is 2.88 bits per heavy atom. The van der Waals surface area contributed by atoms with Crippen molar-refractivity contribution in [1.82, 2.24) is 9.88 Å². The highest BCUT2D eigenvalue weighted by Gasteiger charge is 2.23. The molecule has 0 unspecified atom stereocenters. The molecule has 0 aliphatic heterocycles. The number of halogens is 1. The monoisotopic (exact) mass is 342 g/mol. The molecule has 1 aromatic carbocycles. The van der Waals surface area contributed by atoms with E-state index < -0.39 is 0 Å². The van der Waals surface area contributed by atoms with Gasteiger partial charge in [-0.2, -0.15) is 0 Å². The van der Waals surface area contributed by atoms with E-state index >= 15 is 0 Å². The maximum Gasteiger partial charge on any atom is 0.268 e. The molecule has 1 fully saturated rings. The molecule has 2 aromatic heterocycles. The van der Waals surface area contributed by atoms with Crippen molar-refractivity contribution in [3.8, 4) is 0 Å². The first-order chi connectivity index (χ1) is 11.7. The summed E-state index contributed by atoms with van der Waals surface area (Å²) < 4.78 is 17.0. The molecule has 0 bridgehead atoms. The molecule has 1 saturated carbocycles. The zero-order valence-electron chi connectivity index (χ0n) is 13.3. The van der Waals surface area contributed by atoms with E-state index in [1.54, 1.807) is 29.5 Å². The van der Waals surface area contributed by atoms with Crippen LogP contribution in [-0.2, 0) is 13.1 Å². The number of nitrogens with zero attached hydrogens (tertiary/aromatic N) is 1. The maximum atomic E-state index is 13.7. The Hall–Kier alpha value is -2.14. The predicted octanol–water partition coefficient (Wildman–Crippen LogP) is 4.57. The van der Waals surface area contributed by atoms with Crippen LogP contribution >= 0.6 is 11.3 Å². The van der Waals surface area contributed by atoms with Gasteiger partial charge < -0.3 is 9.88 Å². The van der Waals surface area contributed by atoms with Crippen LogP contribution in [0.3, 0.4) is 0 Å². The van der Waals surface area contributed by atoms with Gasteiger partial charge in [-0.05, 0) is 42.3 Å². The van der Waals surface area contributed by atoms with Crippen LogP contribution in [0.25, 0.3) is 10.2 Å². The largest absolute Gasteiger partial charge is 0.347 e. The van der Waals surface area contributed by atoms with E-state index in [9.17, 15) is 9.18 Å². The fraction of sp³-hybridized carbons (Fsp3) is 0.316. The van der Waals surface area contributed by atoms with Gasteiger partial charge in [-0.25, -0.2) is 4.39 Å². The van der Waals surface area contributed by atoms with Gasteiger partial charge in [-0.15, -0.1) is 11.3 Å². The van der Waals surface area contributed by atoms with Gasteiger partial charge in [0, 0.05) is 18.7 Å². The summed E-state index contributed by atoms with van der Waals surface area (Å²) in [6.07, 6.45) is 3.76. The highest BCUT2D eigenvalue weighted by molar-refractivity contribution is 7.17. The Kier molecular flexibility index (Phi) is 4.10. The number of hydrogen-bond donors (Lipinski definition) is 1. The minimum atomic E-state index is -0.288. The minimum Gasteiger partial charge on any atom is -0.347 e. The molecule has 0 radical (unpaired) electrons. The average molecular weight is 342 g/mol. The number of hydrogen-bond acceptors (Lipinski definition) is 2. The zero-order valence-corrected chi connectivity index (χ0v) is 14.1. The lowest BCUT2D eigenvalue weighted by Crippen LogP contribution is -2.27. The van der Waals surface area contributed by atoms with Crippen molar-refractivity contribution in [3.63, 3.8) is 0 Å². The van der Waals surface area contributed by atoms with E-state index in [0.29, 0.717) is 17.2 Å². The summed E-state index contributed by atoms with van der Waals surface area (Å²) >= 11 is 1.65. The van der Waals surface area contributed by atoms with E-state index in [1.165, 1.54) is 25.3 Å². The van der Waals surface area contributed by atoms with E-state index in [0.717, 1.165) is 16.8 Å². The number of benzene rings is 1. The fourth-order valence-electron chi connectivity index (χ4n) is 3.20. The molecular formula is C19H19FN2OS. The first-order valence-electron chi connectivity index (χ1n) is 8.30. The standard InChI is InChI=1S/C19H19FN2OS/c20-15-7-2-1-6-14(15)11-21-19(23)17-10-18-16(8-9-24-18)22(17)12-13-4-3-5-13/h1-2,6-10,13H,3-5,11-12H2,(H,21,23). The van der Waals surface area contributed by atoms with Crippen molar-refractivity contribution in [2.75, 3.05) is 0 Å². The van der Waals surface area contributed by atoms with E-state index in [4.69, 9.17) is 0 Å². The molecule has 0 atom stereocenters. The topological polar surface area (TPSA) is 34.0 Å². The number of carbonyl (C=O) groups is 1. The lowest BCUT2D eigenvalue weighted by molar-refractivity contribution is 0.0939. The van der Waals surface area contributed by atoms with Crippen LogP contribution < -0.4 is 5.32 Å². The van der Waals surface area contributed by atoms with Gasteiger partial charge in [-0.1, -0.05) is 24.6 Å². The van der Waals surface area contributed by atoms with Crippen molar-refractivity contribution in [1.29, 1.82) is 0 Å². The van der Waals surface area contributed by atoms with Crippen LogP contribution in [0.1, 0.15) is 35.3 Å². The molecule has 1 aliphatic rings. The van der Waals surface area contributed by atoms with Crippen molar-refractivity contribution in [2.45, 2.75) is 32.4 Å². The summed E-state index contributed by atoms with van der Waals surface area (Å²) in [5.74, 6) is 0.239. The first-order valence-corrected chi connectivity index (χ1v) is 9.18. The van der Waals surface area contributed by atoms with Crippen LogP contribution in [0, 0.1) is 11.7 Å². The third-order valence-electron chi connectivity index (χ3n) is 4.82. The molecule has 3 nitrogen and oxygen atoms in total. The molecule has 4 rings (SSSR count). The lowest BCUT2D eigenvalue weighted by atomic mass is 9.85. The molecule has 5 heteroatoms. The molecule has 124 valence electrons. The summed E-state index contributed by atoms with van der Waals surface area (Å²) in [6.45, 7) is 1.09. The summed E-state index contributed by atoms with van der Waals surface area (Å²) in [4.78, 5) is 12.7. The van der Waals surface area contributed by atoms with Crippen molar-refractivity contribution in [2.24, 2.45) is 5.92 Å². The fourth-order valence-corrected chi connectivity index (χ4v) is 4.03. The van der Waals surface area contributed by atoms with Gasteiger partial charge in [0.05, 0.1) is 10.2 Å². The van der Waals surface area contributed by atoms with Gasteiger partial charge in [0.15, 0.2) is 0 Å². The second kappa shape index (κ2) is 6.40. The average Bonchev–Trinajstić information content (AvgIpc) is 3.11.